The molecular formula is C13H17Cl2FN2. The summed E-state index contributed by atoms with van der Waals surface area (Å²) in [6.07, 6.45) is 3.69. The lowest BCUT2D eigenvalue weighted by atomic mass is 10.3. The molecule has 0 saturated carbocycles. The van der Waals surface area contributed by atoms with Gasteiger partial charge in [0.2, 0.25) is 0 Å². The highest BCUT2D eigenvalue weighted by Crippen LogP contribution is 2.27. The second kappa shape index (κ2) is 6.60. The maximum absolute atomic E-state index is 13.2. The van der Waals surface area contributed by atoms with Crippen molar-refractivity contribution in [1.29, 1.82) is 0 Å². The van der Waals surface area contributed by atoms with Crippen LogP contribution in [0.1, 0.15) is 19.3 Å². The molecule has 2 rings (SSSR count). The van der Waals surface area contributed by atoms with Crippen molar-refractivity contribution in [1.82, 2.24) is 4.90 Å². The molecule has 1 saturated heterocycles. The van der Waals surface area contributed by atoms with Crippen molar-refractivity contribution in [3.05, 3.63) is 28.0 Å². The van der Waals surface area contributed by atoms with Gasteiger partial charge < -0.3 is 10.2 Å². The first kappa shape index (κ1) is 13.9. The van der Waals surface area contributed by atoms with E-state index in [0.717, 1.165) is 25.2 Å². The molecule has 0 unspecified atom stereocenters. The molecule has 0 aliphatic carbocycles. The van der Waals surface area contributed by atoms with Gasteiger partial charge in [0.1, 0.15) is 0 Å². The van der Waals surface area contributed by atoms with E-state index >= 15 is 0 Å². The topological polar surface area (TPSA) is 15.3 Å². The molecule has 100 valence electrons. The van der Waals surface area contributed by atoms with Crippen LogP contribution in [0.4, 0.5) is 10.1 Å². The summed E-state index contributed by atoms with van der Waals surface area (Å²) in [7, 11) is 0. The summed E-state index contributed by atoms with van der Waals surface area (Å²) in [5.41, 5.74) is 0.771. The fourth-order valence-corrected chi connectivity index (χ4v) is 2.69. The van der Waals surface area contributed by atoms with Gasteiger partial charge in [0.25, 0.3) is 0 Å². The number of nitrogens with one attached hydrogen (secondary N) is 1. The Morgan fingerprint density at radius 2 is 1.78 bits per heavy atom. The Bertz CT molecular complexity index is 383. The fourth-order valence-electron chi connectivity index (χ4n) is 2.20. The van der Waals surface area contributed by atoms with Gasteiger partial charge in [-0.3, -0.25) is 0 Å². The minimum absolute atomic E-state index is 0.0598. The van der Waals surface area contributed by atoms with E-state index in [0.29, 0.717) is 0 Å². The van der Waals surface area contributed by atoms with E-state index in [4.69, 9.17) is 23.2 Å². The molecule has 1 N–H and O–H groups in total. The van der Waals surface area contributed by atoms with Gasteiger partial charge in [-0.25, -0.2) is 4.39 Å². The van der Waals surface area contributed by atoms with Gasteiger partial charge in [0.05, 0.1) is 10.0 Å². The van der Waals surface area contributed by atoms with Gasteiger partial charge in [-0.15, -0.1) is 0 Å². The molecule has 1 aliphatic rings. The molecule has 1 aromatic rings. The zero-order valence-electron chi connectivity index (χ0n) is 10.2. The minimum Gasteiger partial charge on any atom is -0.385 e. The Balaban J connectivity index is 1.76. The van der Waals surface area contributed by atoms with Crippen LogP contribution in [0.3, 0.4) is 0 Å². The Kier molecular flexibility index (Phi) is 5.10. The molecule has 2 nitrogen and oxygen atoms in total. The van der Waals surface area contributed by atoms with Crippen molar-refractivity contribution in [2.45, 2.75) is 19.3 Å². The molecule has 0 atom stereocenters. The zero-order valence-corrected chi connectivity index (χ0v) is 11.7. The first-order valence-electron chi connectivity index (χ1n) is 6.27. The lowest BCUT2D eigenvalue weighted by Gasteiger charge is -2.15. The normalized spacial score (nSPS) is 16.2. The number of likely N-dealkylation sites (tertiary alicyclic amines) is 1. The van der Waals surface area contributed by atoms with Crippen molar-refractivity contribution >= 4 is 28.9 Å². The molecule has 1 heterocycles. The molecule has 0 amide bonds. The largest absolute Gasteiger partial charge is 0.385 e. The monoisotopic (exact) mass is 290 g/mol. The summed E-state index contributed by atoms with van der Waals surface area (Å²) in [5, 5.41) is 3.33. The van der Waals surface area contributed by atoms with Crippen LogP contribution in [0, 0.1) is 5.82 Å². The van der Waals surface area contributed by atoms with Crippen LogP contribution in [0.15, 0.2) is 12.1 Å². The van der Waals surface area contributed by atoms with Crippen molar-refractivity contribution in [2.75, 3.05) is 31.5 Å². The molecule has 18 heavy (non-hydrogen) atoms. The number of rotatable bonds is 5. The fraction of sp³-hybridized carbons (Fsp3) is 0.538. The number of benzene rings is 1. The molecule has 1 aliphatic heterocycles. The predicted octanol–water partition coefficient (Wildman–Crippen LogP) is 4.03. The van der Waals surface area contributed by atoms with Crippen LogP contribution < -0.4 is 5.32 Å². The molecule has 1 aromatic carbocycles. The summed E-state index contributed by atoms with van der Waals surface area (Å²) in [4.78, 5) is 2.46. The van der Waals surface area contributed by atoms with Crippen molar-refractivity contribution < 1.29 is 4.39 Å². The SMILES string of the molecule is Fc1c(Cl)cc(NCCCN2CCCC2)cc1Cl. The van der Waals surface area contributed by atoms with Crippen molar-refractivity contribution in [2.24, 2.45) is 0 Å². The van der Waals surface area contributed by atoms with E-state index in [-0.39, 0.29) is 10.0 Å². The molecule has 0 spiro atoms. The molecule has 0 aromatic heterocycles. The summed E-state index contributed by atoms with van der Waals surface area (Å²) in [6.45, 7) is 4.38. The summed E-state index contributed by atoms with van der Waals surface area (Å²) >= 11 is 11.5. The summed E-state index contributed by atoms with van der Waals surface area (Å²) in [6, 6.07) is 3.14. The maximum atomic E-state index is 13.2. The van der Waals surface area contributed by atoms with E-state index in [2.05, 4.69) is 10.2 Å². The van der Waals surface area contributed by atoms with Gasteiger partial charge in [-0.1, -0.05) is 23.2 Å². The van der Waals surface area contributed by atoms with Crippen LogP contribution in [-0.2, 0) is 0 Å². The lowest BCUT2D eigenvalue weighted by molar-refractivity contribution is 0.337. The third kappa shape index (κ3) is 3.74. The van der Waals surface area contributed by atoms with Crippen LogP contribution in [0.25, 0.3) is 0 Å². The number of halogens is 3. The van der Waals surface area contributed by atoms with Gasteiger partial charge in [-0.05, 0) is 51.0 Å². The number of hydrogen-bond acceptors (Lipinski definition) is 2. The van der Waals surface area contributed by atoms with Gasteiger partial charge in [-0.2, -0.15) is 0 Å². The first-order chi connectivity index (χ1) is 8.66. The number of nitrogens with zero attached hydrogens (tertiary/aromatic N) is 1. The molecular weight excluding hydrogens is 274 g/mol. The second-order valence-corrected chi connectivity index (χ2v) is 5.40. The Morgan fingerprint density at radius 1 is 1.17 bits per heavy atom. The van der Waals surface area contributed by atoms with Gasteiger partial charge in [0, 0.05) is 12.2 Å². The zero-order chi connectivity index (χ0) is 13.0. The van der Waals surface area contributed by atoms with E-state index in [1.165, 1.54) is 25.9 Å². The molecule has 5 heteroatoms. The summed E-state index contributed by atoms with van der Waals surface area (Å²) < 4.78 is 13.2. The van der Waals surface area contributed by atoms with E-state index in [9.17, 15) is 4.39 Å². The third-order valence-corrected chi connectivity index (χ3v) is 3.71. The van der Waals surface area contributed by atoms with Crippen LogP contribution >= 0.6 is 23.2 Å². The third-order valence-electron chi connectivity index (χ3n) is 3.16. The quantitative estimate of drug-likeness (QED) is 0.651. The highest BCUT2D eigenvalue weighted by Gasteiger charge is 2.10. The van der Waals surface area contributed by atoms with Crippen LogP contribution in [0.2, 0.25) is 10.0 Å². The van der Waals surface area contributed by atoms with E-state index in [1.54, 1.807) is 12.1 Å². The van der Waals surface area contributed by atoms with Crippen molar-refractivity contribution in [3.63, 3.8) is 0 Å². The van der Waals surface area contributed by atoms with E-state index < -0.39 is 5.82 Å². The summed E-state index contributed by atoms with van der Waals surface area (Å²) in [5.74, 6) is -0.555. The highest BCUT2D eigenvalue weighted by atomic mass is 35.5. The predicted molar refractivity (Wildman–Crippen MR) is 75.2 cm³/mol. The van der Waals surface area contributed by atoms with Gasteiger partial charge in [0.15, 0.2) is 5.82 Å². The smallest absolute Gasteiger partial charge is 0.160 e. The maximum Gasteiger partial charge on any atom is 0.160 e. The van der Waals surface area contributed by atoms with E-state index in [1.807, 2.05) is 0 Å². The average Bonchev–Trinajstić information content (AvgIpc) is 2.84. The second-order valence-electron chi connectivity index (χ2n) is 4.58. The molecule has 0 bridgehead atoms. The Labute approximate surface area is 117 Å². The first-order valence-corrected chi connectivity index (χ1v) is 7.03. The van der Waals surface area contributed by atoms with Gasteiger partial charge >= 0.3 is 0 Å². The highest BCUT2D eigenvalue weighted by molar-refractivity contribution is 6.35. The Hall–Kier alpha value is -0.510. The van der Waals surface area contributed by atoms with Crippen LogP contribution in [-0.4, -0.2) is 31.1 Å². The number of anilines is 1. The molecule has 1 fully saturated rings. The van der Waals surface area contributed by atoms with Crippen molar-refractivity contribution in [3.8, 4) is 0 Å². The molecule has 0 radical (unpaired) electrons. The van der Waals surface area contributed by atoms with Crippen LogP contribution in [0.5, 0.6) is 0 Å². The number of hydrogen-bond donors (Lipinski definition) is 1. The Morgan fingerprint density at radius 3 is 2.39 bits per heavy atom. The average molecular weight is 291 g/mol. The lowest BCUT2D eigenvalue weighted by Crippen LogP contribution is -2.22. The minimum atomic E-state index is -0.555. The standard InChI is InChI=1S/C13H17Cl2FN2/c14-11-8-10(9-12(15)13(11)16)17-4-3-7-18-5-1-2-6-18/h8-9,17H,1-7H2.